The lowest BCUT2D eigenvalue weighted by Gasteiger charge is -2.56. The van der Waals surface area contributed by atoms with E-state index in [0.29, 0.717) is 23.1 Å². The van der Waals surface area contributed by atoms with Crippen LogP contribution in [0, 0.1) is 23.2 Å². The van der Waals surface area contributed by atoms with Gasteiger partial charge in [-0.05, 0) is 86.8 Å². The van der Waals surface area contributed by atoms with E-state index in [0.717, 1.165) is 24.3 Å². The van der Waals surface area contributed by atoms with Crippen molar-refractivity contribution in [1.29, 1.82) is 0 Å². The largest absolute Gasteiger partial charge is 0.461 e. The van der Waals surface area contributed by atoms with Gasteiger partial charge in [0.1, 0.15) is 0 Å². The Morgan fingerprint density at radius 1 is 1.21 bits per heavy atom. The summed E-state index contributed by atoms with van der Waals surface area (Å²) >= 11 is 0. The number of nitrogens with zero attached hydrogens (tertiary/aromatic N) is 2. The predicted octanol–water partition coefficient (Wildman–Crippen LogP) is 3.46. The second-order valence-corrected chi connectivity index (χ2v) is 9.10. The Labute approximate surface area is 164 Å². The molecule has 0 spiro atoms. The van der Waals surface area contributed by atoms with Crippen molar-refractivity contribution in [2.75, 3.05) is 13.2 Å². The normalized spacial score (nSPS) is 30.5. The summed E-state index contributed by atoms with van der Waals surface area (Å²) < 4.78 is 6.60. The fourth-order valence-corrected chi connectivity index (χ4v) is 6.38. The standard InChI is InChI=1S/C22H27N3O3/c1-2-28-21(27)18-9-19-17(4-3-5-25(19)24-18)20(26)23-13-22-10-14-6-15(11-22)8-16(7-14)12-22/h3-5,9,14-16H,2,6-8,10-13H2,1H3,(H,23,26). The van der Waals surface area contributed by atoms with Crippen molar-refractivity contribution >= 4 is 17.4 Å². The third-order valence-corrected chi connectivity index (χ3v) is 7.02. The van der Waals surface area contributed by atoms with Crippen LogP contribution < -0.4 is 5.32 Å². The summed E-state index contributed by atoms with van der Waals surface area (Å²) in [5.41, 5.74) is 1.71. The molecular weight excluding hydrogens is 354 g/mol. The molecule has 148 valence electrons. The molecule has 2 aromatic rings. The zero-order valence-electron chi connectivity index (χ0n) is 16.3. The maximum Gasteiger partial charge on any atom is 0.358 e. The van der Waals surface area contributed by atoms with Gasteiger partial charge < -0.3 is 10.1 Å². The number of nitrogens with one attached hydrogen (secondary N) is 1. The number of esters is 1. The molecule has 6 heteroatoms. The predicted molar refractivity (Wildman–Crippen MR) is 104 cm³/mol. The lowest BCUT2D eigenvalue weighted by molar-refractivity contribution is -0.0503. The lowest BCUT2D eigenvalue weighted by atomic mass is 9.49. The van der Waals surface area contributed by atoms with E-state index >= 15 is 0 Å². The van der Waals surface area contributed by atoms with Crippen LogP contribution in [0.3, 0.4) is 0 Å². The molecule has 4 aliphatic carbocycles. The molecule has 1 N–H and O–H groups in total. The Morgan fingerprint density at radius 3 is 2.54 bits per heavy atom. The molecule has 2 aromatic heterocycles. The van der Waals surface area contributed by atoms with E-state index in [-0.39, 0.29) is 11.6 Å². The molecule has 0 saturated heterocycles. The number of amides is 1. The quantitative estimate of drug-likeness (QED) is 0.805. The molecule has 0 aromatic carbocycles. The summed E-state index contributed by atoms with van der Waals surface area (Å²) in [6, 6.07) is 5.22. The molecular formula is C22H27N3O3. The molecule has 1 amide bonds. The van der Waals surface area contributed by atoms with Crippen LogP contribution in [0.5, 0.6) is 0 Å². The summed E-state index contributed by atoms with van der Waals surface area (Å²) in [7, 11) is 0. The average Bonchev–Trinajstić information content (AvgIpc) is 3.10. The highest BCUT2D eigenvalue weighted by Gasteiger charge is 2.50. The topological polar surface area (TPSA) is 72.7 Å². The number of aromatic nitrogens is 2. The van der Waals surface area contributed by atoms with E-state index in [9.17, 15) is 9.59 Å². The maximum absolute atomic E-state index is 13.0. The van der Waals surface area contributed by atoms with Gasteiger partial charge in [-0.25, -0.2) is 9.31 Å². The molecule has 28 heavy (non-hydrogen) atoms. The number of hydrogen-bond donors (Lipinski definition) is 1. The molecule has 4 saturated carbocycles. The third kappa shape index (κ3) is 2.99. The Morgan fingerprint density at radius 2 is 1.89 bits per heavy atom. The summed E-state index contributed by atoms with van der Waals surface area (Å²) in [4.78, 5) is 25.0. The molecule has 2 heterocycles. The monoisotopic (exact) mass is 381 g/mol. The highest BCUT2D eigenvalue weighted by Crippen LogP contribution is 2.59. The van der Waals surface area contributed by atoms with Gasteiger partial charge in [0.2, 0.25) is 0 Å². The minimum absolute atomic E-state index is 0.0864. The molecule has 6 rings (SSSR count). The Bertz CT molecular complexity index is 897. The van der Waals surface area contributed by atoms with Crippen LogP contribution in [0.1, 0.15) is 66.3 Å². The minimum atomic E-state index is -0.467. The first-order valence-electron chi connectivity index (χ1n) is 10.5. The number of hydrogen-bond acceptors (Lipinski definition) is 4. The molecule has 6 nitrogen and oxygen atoms in total. The van der Waals surface area contributed by atoms with E-state index in [1.165, 1.54) is 38.5 Å². The Hall–Kier alpha value is -2.37. The van der Waals surface area contributed by atoms with Crippen LogP contribution in [-0.4, -0.2) is 34.6 Å². The van der Waals surface area contributed by atoms with Crippen LogP contribution in [0.4, 0.5) is 0 Å². The number of ether oxygens (including phenoxy) is 1. The zero-order chi connectivity index (χ0) is 19.3. The Balaban J connectivity index is 1.34. The Kier molecular flexibility index (Phi) is 4.18. The van der Waals surface area contributed by atoms with Gasteiger partial charge in [-0.1, -0.05) is 0 Å². The molecule has 4 bridgehead atoms. The first kappa shape index (κ1) is 17.7. The van der Waals surface area contributed by atoms with Crippen molar-refractivity contribution in [2.45, 2.75) is 45.4 Å². The fourth-order valence-electron chi connectivity index (χ4n) is 6.38. The van der Waals surface area contributed by atoms with E-state index < -0.39 is 5.97 Å². The van der Waals surface area contributed by atoms with Crippen LogP contribution in [0.15, 0.2) is 24.4 Å². The highest BCUT2D eigenvalue weighted by atomic mass is 16.5. The summed E-state index contributed by atoms with van der Waals surface area (Å²) in [5.74, 6) is 2.05. The SMILES string of the molecule is CCOC(=O)c1cc2c(C(=O)NCC34CC5CC(CC(C5)C3)C4)cccn2n1. The molecule has 0 radical (unpaired) electrons. The van der Waals surface area contributed by atoms with Gasteiger partial charge in [0.15, 0.2) is 5.69 Å². The molecule has 4 aliphatic rings. The van der Waals surface area contributed by atoms with Gasteiger partial charge in [-0.2, -0.15) is 5.10 Å². The number of carbonyl (C=O) groups excluding carboxylic acids is 2. The molecule has 4 fully saturated rings. The average molecular weight is 381 g/mol. The molecule has 0 atom stereocenters. The van der Waals surface area contributed by atoms with Crippen molar-refractivity contribution in [3.05, 3.63) is 35.7 Å². The van der Waals surface area contributed by atoms with Gasteiger partial charge in [0.25, 0.3) is 5.91 Å². The van der Waals surface area contributed by atoms with Crippen molar-refractivity contribution in [3.63, 3.8) is 0 Å². The number of fused-ring (bicyclic) bond motifs is 1. The second kappa shape index (κ2) is 6.61. The maximum atomic E-state index is 13.0. The van der Waals surface area contributed by atoms with Gasteiger partial charge in [0.05, 0.1) is 17.7 Å². The van der Waals surface area contributed by atoms with E-state index in [4.69, 9.17) is 4.74 Å². The highest BCUT2D eigenvalue weighted by molar-refractivity contribution is 6.02. The smallest absolute Gasteiger partial charge is 0.358 e. The first-order valence-corrected chi connectivity index (χ1v) is 10.5. The van der Waals surface area contributed by atoms with E-state index in [1.807, 2.05) is 0 Å². The second-order valence-electron chi connectivity index (χ2n) is 9.10. The summed E-state index contributed by atoms with van der Waals surface area (Å²) in [6.45, 7) is 2.82. The third-order valence-electron chi connectivity index (χ3n) is 7.02. The van der Waals surface area contributed by atoms with Crippen molar-refractivity contribution in [2.24, 2.45) is 23.2 Å². The van der Waals surface area contributed by atoms with E-state index in [2.05, 4.69) is 10.4 Å². The minimum Gasteiger partial charge on any atom is -0.461 e. The van der Waals surface area contributed by atoms with Crippen molar-refractivity contribution in [1.82, 2.24) is 14.9 Å². The van der Waals surface area contributed by atoms with Gasteiger partial charge in [0, 0.05) is 12.7 Å². The van der Waals surface area contributed by atoms with Crippen LogP contribution in [0.25, 0.3) is 5.52 Å². The van der Waals surface area contributed by atoms with Gasteiger partial charge >= 0.3 is 5.97 Å². The summed E-state index contributed by atoms with van der Waals surface area (Å²) in [6.07, 6.45) is 9.75. The lowest BCUT2D eigenvalue weighted by Crippen LogP contribution is -2.51. The van der Waals surface area contributed by atoms with Crippen molar-refractivity contribution in [3.8, 4) is 0 Å². The van der Waals surface area contributed by atoms with Crippen LogP contribution in [0.2, 0.25) is 0 Å². The van der Waals surface area contributed by atoms with E-state index in [1.54, 1.807) is 35.8 Å². The first-order chi connectivity index (χ1) is 13.5. The number of pyridine rings is 1. The van der Waals surface area contributed by atoms with Crippen LogP contribution in [-0.2, 0) is 4.74 Å². The number of rotatable bonds is 5. The van der Waals surface area contributed by atoms with Gasteiger partial charge in [-0.15, -0.1) is 0 Å². The zero-order valence-corrected chi connectivity index (χ0v) is 16.3. The molecule has 0 aliphatic heterocycles. The van der Waals surface area contributed by atoms with Crippen LogP contribution >= 0.6 is 0 Å². The number of carbonyl (C=O) groups is 2. The summed E-state index contributed by atoms with van der Waals surface area (Å²) in [5, 5.41) is 7.47. The van der Waals surface area contributed by atoms with Crippen molar-refractivity contribution < 1.29 is 14.3 Å². The van der Waals surface area contributed by atoms with Gasteiger partial charge in [-0.3, -0.25) is 4.79 Å². The molecule has 0 unspecified atom stereocenters. The fraction of sp³-hybridized carbons (Fsp3) is 0.591.